The van der Waals surface area contributed by atoms with Crippen molar-refractivity contribution in [1.82, 2.24) is 0 Å². The molecule has 1 atom stereocenters. The molecule has 1 saturated heterocycles. The fraction of sp³-hybridized carbons (Fsp3) is 0.400. The van der Waals surface area contributed by atoms with Gasteiger partial charge in [-0.25, -0.2) is 4.79 Å². The molecule has 0 amide bonds. The second-order valence-electron chi connectivity index (χ2n) is 4.59. The second-order valence-corrected chi connectivity index (χ2v) is 4.59. The number of carboxylic acids is 1. The summed E-state index contributed by atoms with van der Waals surface area (Å²) in [5, 5.41) is 9.34. The van der Waals surface area contributed by atoms with Gasteiger partial charge in [0.25, 0.3) is 0 Å². The molecular weight excluding hydrogens is 244 g/mol. The lowest BCUT2D eigenvalue weighted by Gasteiger charge is -2.22. The van der Waals surface area contributed by atoms with E-state index in [0.717, 1.165) is 30.8 Å². The van der Waals surface area contributed by atoms with E-state index >= 15 is 0 Å². The Labute approximate surface area is 112 Å². The summed E-state index contributed by atoms with van der Waals surface area (Å²) >= 11 is 0. The van der Waals surface area contributed by atoms with E-state index in [4.69, 9.17) is 9.47 Å². The molecule has 0 spiro atoms. The molecule has 1 fully saturated rings. The fourth-order valence-electron chi connectivity index (χ4n) is 2.22. The largest absolute Gasteiger partial charge is 0.497 e. The summed E-state index contributed by atoms with van der Waals surface area (Å²) < 4.78 is 10.4. The zero-order valence-electron chi connectivity index (χ0n) is 11.0. The minimum absolute atomic E-state index is 0.0200. The van der Waals surface area contributed by atoms with Gasteiger partial charge in [0, 0.05) is 18.1 Å². The summed E-state index contributed by atoms with van der Waals surface area (Å²) in [6.07, 6.45) is 3.51. The lowest BCUT2D eigenvalue weighted by atomic mass is 9.92. The van der Waals surface area contributed by atoms with Crippen molar-refractivity contribution in [3.05, 3.63) is 35.4 Å². The molecule has 4 heteroatoms. The van der Waals surface area contributed by atoms with Gasteiger partial charge in [0.05, 0.1) is 13.7 Å². The predicted octanol–water partition coefficient (Wildman–Crippen LogP) is 2.59. The SMILES string of the molecule is COc1ccc(C=C(C(=O)O)C2CCCOC2)cc1. The Hall–Kier alpha value is -1.81. The average molecular weight is 262 g/mol. The van der Waals surface area contributed by atoms with E-state index in [-0.39, 0.29) is 5.92 Å². The molecule has 0 radical (unpaired) electrons. The van der Waals surface area contributed by atoms with Gasteiger partial charge in [0.15, 0.2) is 0 Å². The number of carboxylic acid groups (broad SMARTS) is 1. The lowest BCUT2D eigenvalue weighted by molar-refractivity contribution is -0.133. The van der Waals surface area contributed by atoms with Gasteiger partial charge < -0.3 is 14.6 Å². The molecule has 1 aliphatic heterocycles. The van der Waals surface area contributed by atoms with Crippen molar-refractivity contribution in [3.63, 3.8) is 0 Å². The van der Waals surface area contributed by atoms with Crippen molar-refractivity contribution < 1.29 is 19.4 Å². The van der Waals surface area contributed by atoms with Crippen LogP contribution in [0.1, 0.15) is 18.4 Å². The van der Waals surface area contributed by atoms with Gasteiger partial charge in [-0.3, -0.25) is 0 Å². The molecule has 0 bridgehead atoms. The third-order valence-corrected chi connectivity index (χ3v) is 3.29. The average Bonchev–Trinajstić information content (AvgIpc) is 2.46. The third-order valence-electron chi connectivity index (χ3n) is 3.29. The van der Waals surface area contributed by atoms with Crippen LogP contribution in [0.5, 0.6) is 5.75 Å². The number of rotatable bonds is 4. The van der Waals surface area contributed by atoms with Crippen LogP contribution in [-0.4, -0.2) is 31.4 Å². The van der Waals surface area contributed by atoms with E-state index in [9.17, 15) is 9.90 Å². The van der Waals surface area contributed by atoms with Gasteiger partial charge in [-0.15, -0.1) is 0 Å². The third kappa shape index (κ3) is 3.58. The quantitative estimate of drug-likeness (QED) is 0.847. The minimum Gasteiger partial charge on any atom is -0.497 e. The number of carbonyl (C=O) groups is 1. The van der Waals surface area contributed by atoms with Gasteiger partial charge in [-0.1, -0.05) is 12.1 Å². The molecule has 1 heterocycles. The highest BCUT2D eigenvalue weighted by atomic mass is 16.5. The van der Waals surface area contributed by atoms with Gasteiger partial charge >= 0.3 is 5.97 Å². The van der Waals surface area contributed by atoms with E-state index < -0.39 is 5.97 Å². The summed E-state index contributed by atoms with van der Waals surface area (Å²) in [4.78, 5) is 11.4. The molecule has 0 saturated carbocycles. The number of aliphatic carboxylic acids is 1. The monoisotopic (exact) mass is 262 g/mol. The number of hydrogen-bond acceptors (Lipinski definition) is 3. The van der Waals surface area contributed by atoms with Crippen LogP contribution in [0.3, 0.4) is 0 Å². The Kier molecular flexibility index (Phi) is 4.58. The Bertz CT molecular complexity index is 456. The number of methoxy groups -OCH3 is 1. The molecular formula is C15H18O4. The maximum Gasteiger partial charge on any atom is 0.331 e. The Morgan fingerprint density at radius 1 is 1.42 bits per heavy atom. The summed E-state index contributed by atoms with van der Waals surface area (Å²) in [5.41, 5.74) is 1.29. The Morgan fingerprint density at radius 3 is 2.68 bits per heavy atom. The summed E-state index contributed by atoms with van der Waals surface area (Å²) in [6.45, 7) is 1.22. The highest BCUT2D eigenvalue weighted by molar-refractivity contribution is 5.92. The smallest absolute Gasteiger partial charge is 0.331 e. The molecule has 1 N–H and O–H groups in total. The summed E-state index contributed by atoms with van der Waals surface area (Å²) in [7, 11) is 1.60. The van der Waals surface area contributed by atoms with E-state index in [1.807, 2.05) is 24.3 Å². The maximum atomic E-state index is 11.4. The van der Waals surface area contributed by atoms with Crippen LogP contribution in [0.25, 0.3) is 6.08 Å². The second kappa shape index (κ2) is 6.38. The minimum atomic E-state index is -0.869. The molecule has 19 heavy (non-hydrogen) atoms. The predicted molar refractivity (Wildman–Crippen MR) is 72.1 cm³/mol. The first-order valence-electron chi connectivity index (χ1n) is 6.37. The van der Waals surface area contributed by atoms with Crippen molar-refractivity contribution in [1.29, 1.82) is 0 Å². The van der Waals surface area contributed by atoms with Crippen LogP contribution in [-0.2, 0) is 9.53 Å². The molecule has 4 nitrogen and oxygen atoms in total. The molecule has 1 unspecified atom stereocenters. The number of benzene rings is 1. The van der Waals surface area contributed by atoms with Crippen molar-refractivity contribution >= 4 is 12.0 Å². The first-order chi connectivity index (χ1) is 9.20. The lowest BCUT2D eigenvalue weighted by Crippen LogP contribution is -2.23. The van der Waals surface area contributed by atoms with Crippen molar-refractivity contribution in [2.24, 2.45) is 5.92 Å². The molecule has 102 valence electrons. The summed E-state index contributed by atoms with van der Waals surface area (Å²) in [5.74, 6) is -0.130. The molecule has 1 aromatic rings. The zero-order chi connectivity index (χ0) is 13.7. The Balaban J connectivity index is 2.21. The number of ether oxygens (including phenoxy) is 2. The van der Waals surface area contributed by atoms with Crippen LogP contribution in [0.4, 0.5) is 0 Å². The normalized spacial score (nSPS) is 20.1. The van der Waals surface area contributed by atoms with Crippen LogP contribution in [0.15, 0.2) is 29.8 Å². The summed E-state index contributed by atoms with van der Waals surface area (Å²) in [6, 6.07) is 7.35. The van der Waals surface area contributed by atoms with E-state index in [2.05, 4.69) is 0 Å². The molecule has 0 aliphatic carbocycles. The van der Waals surface area contributed by atoms with E-state index in [1.165, 1.54) is 0 Å². The van der Waals surface area contributed by atoms with Crippen LogP contribution < -0.4 is 4.74 Å². The van der Waals surface area contributed by atoms with Gasteiger partial charge in [-0.2, -0.15) is 0 Å². The molecule has 0 aromatic heterocycles. The van der Waals surface area contributed by atoms with Crippen molar-refractivity contribution in [3.8, 4) is 5.75 Å². The van der Waals surface area contributed by atoms with Crippen molar-refractivity contribution in [2.45, 2.75) is 12.8 Å². The number of hydrogen-bond donors (Lipinski definition) is 1. The Morgan fingerprint density at radius 2 is 2.16 bits per heavy atom. The topological polar surface area (TPSA) is 55.8 Å². The van der Waals surface area contributed by atoms with E-state index in [1.54, 1.807) is 13.2 Å². The fourth-order valence-corrected chi connectivity index (χ4v) is 2.22. The maximum absolute atomic E-state index is 11.4. The van der Waals surface area contributed by atoms with Crippen LogP contribution >= 0.6 is 0 Å². The van der Waals surface area contributed by atoms with Gasteiger partial charge in [0.1, 0.15) is 5.75 Å². The first-order valence-corrected chi connectivity index (χ1v) is 6.37. The standard InChI is InChI=1S/C15H18O4/c1-18-13-6-4-11(5-7-13)9-14(15(16)17)12-3-2-8-19-10-12/h4-7,9,12H,2-3,8,10H2,1H3,(H,16,17). The molecule has 1 aliphatic rings. The highest BCUT2D eigenvalue weighted by Gasteiger charge is 2.23. The highest BCUT2D eigenvalue weighted by Crippen LogP contribution is 2.24. The zero-order valence-corrected chi connectivity index (χ0v) is 11.0. The van der Waals surface area contributed by atoms with E-state index in [0.29, 0.717) is 12.2 Å². The van der Waals surface area contributed by atoms with Crippen LogP contribution in [0.2, 0.25) is 0 Å². The van der Waals surface area contributed by atoms with Gasteiger partial charge in [0.2, 0.25) is 0 Å². The van der Waals surface area contributed by atoms with Gasteiger partial charge in [-0.05, 0) is 36.6 Å². The van der Waals surface area contributed by atoms with Crippen molar-refractivity contribution in [2.75, 3.05) is 20.3 Å². The van der Waals surface area contributed by atoms with Crippen LogP contribution in [0, 0.1) is 5.92 Å². The molecule has 2 rings (SSSR count). The molecule has 1 aromatic carbocycles. The first kappa shape index (κ1) is 13.6.